The topological polar surface area (TPSA) is 98.8 Å². The number of rotatable bonds is 3. The lowest BCUT2D eigenvalue weighted by molar-refractivity contribution is -0.136. The van der Waals surface area contributed by atoms with Crippen LogP contribution in [-0.2, 0) is 16.1 Å². The number of amides is 4. The van der Waals surface area contributed by atoms with Crippen molar-refractivity contribution >= 4 is 35.0 Å². The molecule has 8 nitrogen and oxygen atoms in total. The van der Waals surface area contributed by atoms with Crippen LogP contribution in [0.1, 0.15) is 46.0 Å². The summed E-state index contributed by atoms with van der Waals surface area (Å²) in [5.41, 5.74) is 3.47. The summed E-state index contributed by atoms with van der Waals surface area (Å²) in [5, 5.41) is 5.64. The number of hydrogen-bond acceptors (Lipinski definition) is 6. The van der Waals surface area contributed by atoms with Gasteiger partial charge in [0.25, 0.3) is 11.8 Å². The molecule has 0 saturated carbocycles. The van der Waals surface area contributed by atoms with Crippen molar-refractivity contribution in [3.8, 4) is 0 Å². The SMILES string of the molecule is CC1CNc2ccccc2N1Cc1cccc2c1C(=O)N(C1CCC(=O)NC1=O)C2=O. The molecular formula is C23H22N4O4. The summed E-state index contributed by atoms with van der Waals surface area (Å²) < 4.78 is 0. The van der Waals surface area contributed by atoms with Gasteiger partial charge in [-0.2, -0.15) is 0 Å². The van der Waals surface area contributed by atoms with Crippen LogP contribution < -0.4 is 15.5 Å². The van der Waals surface area contributed by atoms with Crippen LogP contribution in [0.5, 0.6) is 0 Å². The Kier molecular flexibility index (Phi) is 4.50. The molecule has 1 saturated heterocycles. The van der Waals surface area contributed by atoms with E-state index in [0.717, 1.165) is 28.4 Å². The van der Waals surface area contributed by atoms with E-state index in [1.807, 2.05) is 30.3 Å². The van der Waals surface area contributed by atoms with Gasteiger partial charge in [0, 0.05) is 25.6 Å². The average molecular weight is 418 g/mol. The molecule has 3 heterocycles. The highest BCUT2D eigenvalue weighted by Gasteiger charge is 2.45. The van der Waals surface area contributed by atoms with E-state index in [1.165, 1.54) is 0 Å². The van der Waals surface area contributed by atoms with Gasteiger partial charge in [-0.25, -0.2) is 0 Å². The molecule has 0 aromatic heterocycles. The molecule has 0 aliphatic carbocycles. The van der Waals surface area contributed by atoms with Crippen LogP contribution in [-0.4, -0.2) is 47.2 Å². The van der Waals surface area contributed by atoms with E-state index in [2.05, 4.69) is 22.5 Å². The summed E-state index contributed by atoms with van der Waals surface area (Å²) in [6.07, 6.45) is 0.249. The predicted octanol–water partition coefficient (Wildman–Crippen LogP) is 1.91. The molecule has 2 aromatic carbocycles. The van der Waals surface area contributed by atoms with Crippen LogP contribution in [0, 0.1) is 0 Å². The van der Waals surface area contributed by atoms with Gasteiger partial charge >= 0.3 is 0 Å². The highest BCUT2D eigenvalue weighted by atomic mass is 16.2. The molecule has 8 heteroatoms. The van der Waals surface area contributed by atoms with Crippen LogP contribution >= 0.6 is 0 Å². The zero-order valence-electron chi connectivity index (χ0n) is 17.1. The van der Waals surface area contributed by atoms with Crippen LogP contribution in [0.2, 0.25) is 0 Å². The third kappa shape index (κ3) is 3.06. The second-order valence-electron chi connectivity index (χ2n) is 8.16. The maximum atomic E-state index is 13.3. The number of anilines is 2. The summed E-state index contributed by atoms with van der Waals surface area (Å²) in [6, 6.07) is 12.5. The van der Waals surface area contributed by atoms with Crippen molar-refractivity contribution in [3.63, 3.8) is 0 Å². The zero-order chi connectivity index (χ0) is 21.7. The Morgan fingerprint density at radius 3 is 2.61 bits per heavy atom. The van der Waals surface area contributed by atoms with E-state index in [1.54, 1.807) is 12.1 Å². The first-order valence-corrected chi connectivity index (χ1v) is 10.4. The number of carbonyl (C=O) groups excluding carboxylic acids is 4. The average Bonchev–Trinajstić information content (AvgIpc) is 3.01. The Morgan fingerprint density at radius 2 is 1.81 bits per heavy atom. The predicted molar refractivity (Wildman–Crippen MR) is 114 cm³/mol. The third-order valence-electron chi connectivity index (χ3n) is 6.23. The Morgan fingerprint density at radius 1 is 1.00 bits per heavy atom. The number of carbonyl (C=O) groups is 4. The number of fused-ring (bicyclic) bond motifs is 2. The second-order valence-corrected chi connectivity index (χ2v) is 8.16. The summed E-state index contributed by atoms with van der Waals surface area (Å²) in [4.78, 5) is 53.4. The number of hydrogen-bond donors (Lipinski definition) is 2. The van der Waals surface area contributed by atoms with Crippen LogP contribution in [0.4, 0.5) is 11.4 Å². The summed E-state index contributed by atoms with van der Waals surface area (Å²) in [7, 11) is 0. The molecular weight excluding hydrogens is 396 g/mol. The normalized spacial score (nSPS) is 22.7. The fraction of sp³-hybridized carbons (Fsp3) is 0.304. The van der Waals surface area contributed by atoms with E-state index >= 15 is 0 Å². The first-order valence-electron chi connectivity index (χ1n) is 10.4. The first-order chi connectivity index (χ1) is 15.0. The fourth-order valence-electron chi connectivity index (χ4n) is 4.62. The molecule has 31 heavy (non-hydrogen) atoms. The van der Waals surface area contributed by atoms with Crippen molar-refractivity contribution in [2.24, 2.45) is 0 Å². The van der Waals surface area contributed by atoms with Gasteiger partial charge in [-0.3, -0.25) is 29.4 Å². The van der Waals surface area contributed by atoms with Crippen molar-refractivity contribution in [2.75, 3.05) is 16.8 Å². The van der Waals surface area contributed by atoms with E-state index in [0.29, 0.717) is 17.7 Å². The monoisotopic (exact) mass is 418 g/mol. The zero-order valence-corrected chi connectivity index (χ0v) is 17.1. The molecule has 0 bridgehead atoms. The highest BCUT2D eigenvalue weighted by molar-refractivity contribution is 6.24. The van der Waals surface area contributed by atoms with Crippen molar-refractivity contribution in [2.45, 2.75) is 38.4 Å². The number of nitrogens with one attached hydrogen (secondary N) is 2. The van der Waals surface area contributed by atoms with Crippen molar-refractivity contribution in [1.29, 1.82) is 0 Å². The van der Waals surface area contributed by atoms with Gasteiger partial charge < -0.3 is 10.2 Å². The third-order valence-corrected chi connectivity index (χ3v) is 6.23. The van der Waals surface area contributed by atoms with E-state index in [9.17, 15) is 19.2 Å². The Labute approximate surface area is 179 Å². The largest absolute Gasteiger partial charge is 0.381 e. The number of piperidine rings is 1. The molecule has 2 aromatic rings. The molecule has 2 unspecified atom stereocenters. The van der Waals surface area contributed by atoms with Crippen molar-refractivity contribution in [3.05, 3.63) is 59.2 Å². The maximum absolute atomic E-state index is 13.3. The summed E-state index contributed by atoms with van der Waals surface area (Å²) >= 11 is 0. The minimum atomic E-state index is -0.961. The van der Waals surface area contributed by atoms with Gasteiger partial charge in [-0.15, -0.1) is 0 Å². The maximum Gasteiger partial charge on any atom is 0.262 e. The standard InChI is InChI=1S/C23H22N4O4/c1-13-11-24-16-7-2-3-8-17(16)26(13)12-14-5-4-6-15-20(14)23(31)27(22(15)30)18-9-10-19(28)25-21(18)29/h2-8,13,18,24H,9-12H2,1H3,(H,25,28,29). The fourth-order valence-corrected chi connectivity index (χ4v) is 4.62. The lowest BCUT2D eigenvalue weighted by Crippen LogP contribution is -2.54. The molecule has 1 fully saturated rings. The molecule has 3 aliphatic rings. The molecule has 158 valence electrons. The van der Waals surface area contributed by atoms with Crippen molar-refractivity contribution in [1.82, 2.24) is 10.2 Å². The van der Waals surface area contributed by atoms with Crippen LogP contribution in [0.15, 0.2) is 42.5 Å². The number of benzene rings is 2. The molecule has 4 amide bonds. The summed E-state index contributed by atoms with van der Waals surface area (Å²) in [6.45, 7) is 3.33. The summed E-state index contributed by atoms with van der Waals surface area (Å²) in [5.74, 6) is -1.94. The van der Waals surface area contributed by atoms with E-state index in [-0.39, 0.29) is 24.8 Å². The molecule has 0 radical (unpaired) electrons. The second kappa shape index (κ2) is 7.23. The van der Waals surface area contributed by atoms with E-state index < -0.39 is 23.8 Å². The smallest absolute Gasteiger partial charge is 0.262 e. The minimum Gasteiger partial charge on any atom is -0.381 e. The molecule has 0 spiro atoms. The van der Waals surface area contributed by atoms with Crippen LogP contribution in [0.25, 0.3) is 0 Å². The van der Waals surface area contributed by atoms with E-state index in [4.69, 9.17) is 0 Å². The number of para-hydroxylation sites is 2. The Hall–Kier alpha value is -3.68. The first kappa shape index (κ1) is 19.3. The number of nitrogens with zero attached hydrogens (tertiary/aromatic N) is 2. The van der Waals surface area contributed by atoms with Gasteiger partial charge in [0.2, 0.25) is 11.8 Å². The molecule has 2 atom stereocenters. The van der Waals surface area contributed by atoms with Gasteiger partial charge in [0.1, 0.15) is 6.04 Å². The molecule has 3 aliphatic heterocycles. The van der Waals surface area contributed by atoms with Gasteiger partial charge in [-0.1, -0.05) is 24.3 Å². The van der Waals surface area contributed by atoms with Gasteiger partial charge in [-0.05, 0) is 37.1 Å². The Bertz CT molecular complexity index is 1130. The number of imide groups is 2. The quantitative estimate of drug-likeness (QED) is 0.739. The van der Waals surface area contributed by atoms with Gasteiger partial charge in [0.05, 0.1) is 22.5 Å². The minimum absolute atomic E-state index is 0.103. The molecule has 2 N–H and O–H groups in total. The lowest BCUT2D eigenvalue weighted by atomic mass is 10.0. The van der Waals surface area contributed by atoms with Gasteiger partial charge in [0.15, 0.2) is 0 Å². The molecule has 5 rings (SSSR count). The lowest BCUT2D eigenvalue weighted by Gasteiger charge is -2.38. The van der Waals surface area contributed by atoms with Crippen LogP contribution in [0.3, 0.4) is 0 Å². The highest BCUT2D eigenvalue weighted by Crippen LogP contribution is 2.35. The Balaban J connectivity index is 1.49. The van der Waals surface area contributed by atoms with Crippen molar-refractivity contribution < 1.29 is 19.2 Å².